The molecule has 15 heavy (non-hydrogen) atoms. The summed E-state index contributed by atoms with van der Waals surface area (Å²) in [5.41, 5.74) is 0. The topological polar surface area (TPSA) is 53.4 Å². The first-order valence-electron chi connectivity index (χ1n) is 4.70. The van der Waals surface area contributed by atoms with Gasteiger partial charge in [-0.2, -0.15) is 0 Å². The number of thiazole rings is 1. The zero-order chi connectivity index (χ0) is 11.3. The predicted molar refractivity (Wildman–Crippen MR) is 62.1 cm³/mol. The molecular formula is C9H13ClN2O2S. The molecule has 0 aliphatic carbocycles. The van der Waals surface area contributed by atoms with E-state index in [1.807, 2.05) is 11.8 Å². The van der Waals surface area contributed by atoms with Crippen LogP contribution >= 0.6 is 22.9 Å². The van der Waals surface area contributed by atoms with Crippen LogP contribution in [0.2, 0.25) is 5.15 Å². The van der Waals surface area contributed by atoms with Crippen molar-refractivity contribution >= 4 is 34.4 Å². The molecule has 0 aliphatic rings. The second kappa shape index (κ2) is 6.05. The van der Waals surface area contributed by atoms with Gasteiger partial charge in [0.2, 0.25) is 0 Å². The van der Waals surface area contributed by atoms with Crippen molar-refractivity contribution in [1.29, 1.82) is 0 Å². The van der Waals surface area contributed by atoms with Crippen LogP contribution in [0.25, 0.3) is 0 Å². The first kappa shape index (κ1) is 12.4. The third-order valence-electron chi connectivity index (χ3n) is 1.84. The van der Waals surface area contributed by atoms with Crippen molar-refractivity contribution in [2.45, 2.75) is 13.3 Å². The van der Waals surface area contributed by atoms with E-state index in [0.29, 0.717) is 22.8 Å². The maximum absolute atomic E-state index is 10.6. The minimum atomic E-state index is 0.0631. The van der Waals surface area contributed by atoms with Gasteiger partial charge in [0.15, 0.2) is 16.6 Å². The monoisotopic (exact) mass is 248 g/mol. The Morgan fingerprint density at radius 1 is 1.60 bits per heavy atom. The van der Waals surface area contributed by atoms with E-state index in [1.165, 1.54) is 11.3 Å². The highest BCUT2D eigenvalue weighted by atomic mass is 35.5. The number of aldehydes is 1. The van der Waals surface area contributed by atoms with Gasteiger partial charge in [-0.3, -0.25) is 4.79 Å². The lowest BCUT2D eigenvalue weighted by atomic mass is 10.4. The van der Waals surface area contributed by atoms with Crippen molar-refractivity contribution in [3.8, 4) is 0 Å². The van der Waals surface area contributed by atoms with E-state index >= 15 is 0 Å². The van der Waals surface area contributed by atoms with Crippen molar-refractivity contribution in [1.82, 2.24) is 4.98 Å². The molecule has 0 saturated carbocycles. The van der Waals surface area contributed by atoms with E-state index in [4.69, 9.17) is 16.7 Å². The van der Waals surface area contributed by atoms with Crippen LogP contribution in [0, 0.1) is 0 Å². The van der Waals surface area contributed by atoms with Gasteiger partial charge in [0, 0.05) is 13.1 Å². The molecule has 0 fully saturated rings. The largest absolute Gasteiger partial charge is 0.395 e. The van der Waals surface area contributed by atoms with Gasteiger partial charge in [0.25, 0.3) is 0 Å². The summed E-state index contributed by atoms with van der Waals surface area (Å²) in [6, 6.07) is 0. The summed E-state index contributed by atoms with van der Waals surface area (Å²) in [7, 11) is 0. The average molecular weight is 249 g/mol. The number of hydrogen-bond donors (Lipinski definition) is 1. The molecule has 0 atom stereocenters. The maximum Gasteiger partial charge on any atom is 0.187 e. The number of aromatic nitrogens is 1. The van der Waals surface area contributed by atoms with Crippen LogP contribution in [0.15, 0.2) is 0 Å². The molecule has 0 radical (unpaired) electrons. The molecule has 0 spiro atoms. The number of halogens is 1. The molecule has 0 bridgehead atoms. The SMILES string of the molecule is CCCN(CCO)c1nc(Cl)c(C=O)s1. The fourth-order valence-electron chi connectivity index (χ4n) is 1.20. The summed E-state index contributed by atoms with van der Waals surface area (Å²) in [5, 5.41) is 9.82. The zero-order valence-corrected chi connectivity index (χ0v) is 10.0. The Balaban J connectivity index is 2.84. The van der Waals surface area contributed by atoms with Gasteiger partial charge in [-0.1, -0.05) is 29.9 Å². The minimum absolute atomic E-state index is 0.0631. The van der Waals surface area contributed by atoms with Crippen LogP contribution < -0.4 is 4.90 Å². The Morgan fingerprint density at radius 3 is 2.80 bits per heavy atom. The molecule has 0 unspecified atom stereocenters. The van der Waals surface area contributed by atoms with Gasteiger partial charge in [-0.25, -0.2) is 4.98 Å². The van der Waals surface area contributed by atoms with Crippen molar-refractivity contribution in [3.63, 3.8) is 0 Å². The number of nitrogens with zero attached hydrogens (tertiary/aromatic N) is 2. The Morgan fingerprint density at radius 2 is 2.33 bits per heavy atom. The number of carbonyl (C=O) groups is 1. The number of aliphatic hydroxyl groups excluding tert-OH is 1. The molecule has 0 saturated heterocycles. The summed E-state index contributed by atoms with van der Waals surface area (Å²) in [6.45, 7) is 3.41. The van der Waals surface area contributed by atoms with Crippen molar-refractivity contribution < 1.29 is 9.90 Å². The van der Waals surface area contributed by atoms with Gasteiger partial charge in [0.05, 0.1) is 6.61 Å². The molecule has 6 heteroatoms. The molecule has 0 aromatic carbocycles. The first-order valence-corrected chi connectivity index (χ1v) is 5.89. The third-order valence-corrected chi connectivity index (χ3v) is 3.28. The van der Waals surface area contributed by atoms with Gasteiger partial charge < -0.3 is 10.0 Å². The highest BCUT2D eigenvalue weighted by Crippen LogP contribution is 2.28. The van der Waals surface area contributed by atoms with Crippen LogP contribution in [0.4, 0.5) is 5.13 Å². The van der Waals surface area contributed by atoms with Gasteiger partial charge in [-0.05, 0) is 6.42 Å². The van der Waals surface area contributed by atoms with Crippen molar-refractivity contribution in [3.05, 3.63) is 10.0 Å². The predicted octanol–water partition coefficient (Wildman–Crippen LogP) is 1.82. The number of anilines is 1. The standard InChI is InChI=1S/C9H13ClN2O2S/c1-2-3-12(4-5-13)9-11-8(10)7(6-14)15-9/h6,13H,2-5H2,1H3. The molecule has 0 amide bonds. The number of hydrogen-bond acceptors (Lipinski definition) is 5. The van der Waals surface area contributed by atoms with Crippen LogP contribution in [0.5, 0.6) is 0 Å². The van der Waals surface area contributed by atoms with Crippen LogP contribution in [-0.4, -0.2) is 36.1 Å². The molecule has 0 aliphatic heterocycles. The number of rotatable bonds is 6. The summed E-state index contributed by atoms with van der Waals surface area (Å²) in [6.07, 6.45) is 1.65. The average Bonchev–Trinajstić information content (AvgIpc) is 2.59. The van der Waals surface area contributed by atoms with Crippen molar-refractivity contribution in [2.24, 2.45) is 0 Å². The number of aliphatic hydroxyl groups is 1. The third kappa shape index (κ3) is 3.15. The molecule has 4 nitrogen and oxygen atoms in total. The first-order chi connectivity index (χ1) is 7.22. The lowest BCUT2D eigenvalue weighted by Crippen LogP contribution is -2.27. The highest BCUT2D eigenvalue weighted by Gasteiger charge is 2.13. The van der Waals surface area contributed by atoms with Crippen molar-refractivity contribution in [2.75, 3.05) is 24.6 Å². The molecular weight excluding hydrogens is 236 g/mol. The quantitative estimate of drug-likeness (QED) is 0.781. The van der Waals surface area contributed by atoms with Gasteiger partial charge in [-0.15, -0.1) is 0 Å². The highest BCUT2D eigenvalue weighted by molar-refractivity contribution is 7.17. The Kier molecular flexibility index (Phi) is 5.01. The van der Waals surface area contributed by atoms with E-state index in [1.54, 1.807) is 0 Å². The molecule has 1 N–H and O–H groups in total. The smallest absolute Gasteiger partial charge is 0.187 e. The fraction of sp³-hybridized carbons (Fsp3) is 0.556. The van der Waals surface area contributed by atoms with E-state index in [2.05, 4.69) is 4.98 Å². The van der Waals surface area contributed by atoms with E-state index in [0.717, 1.165) is 13.0 Å². The second-order valence-corrected chi connectivity index (χ2v) is 4.35. The maximum atomic E-state index is 10.6. The summed E-state index contributed by atoms with van der Waals surface area (Å²) >= 11 is 7.02. The van der Waals surface area contributed by atoms with Gasteiger partial charge >= 0.3 is 0 Å². The van der Waals surface area contributed by atoms with Crippen LogP contribution in [0.1, 0.15) is 23.0 Å². The molecule has 1 aromatic heterocycles. The Labute approximate surface area is 97.5 Å². The minimum Gasteiger partial charge on any atom is -0.395 e. The molecule has 1 aromatic rings. The zero-order valence-electron chi connectivity index (χ0n) is 8.44. The Hall–Kier alpha value is -0.650. The Bertz CT molecular complexity index is 324. The fourth-order valence-corrected chi connectivity index (χ4v) is 2.32. The van der Waals surface area contributed by atoms with E-state index < -0.39 is 0 Å². The van der Waals surface area contributed by atoms with Gasteiger partial charge in [0.1, 0.15) is 4.88 Å². The van der Waals surface area contributed by atoms with E-state index in [9.17, 15) is 4.79 Å². The molecule has 84 valence electrons. The lowest BCUT2D eigenvalue weighted by Gasteiger charge is -2.19. The second-order valence-electron chi connectivity index (χ2n) is 2.98. The van der Waals surface area contributed by atoms with Crippen LogP contribution in [-0.2, 0) is 0 Å². The number of carbonyl (C=O) groups excluding carboxylic acids is 1. The summed E-state index contributed by atoms with van der Waals surface area (Å²) in [4.78, 5) is 17.0. The normalized spacial score (nSPS) is 10.3. The summed E-state index contributed by atoms with van der Waals surface area (Å²) in [5.74, 6) is 0. The van der Waals surface area contributed by atoms with Crippen LogP contribution in [0.3, 0.4) is 0 Å². The lowest BCUT2D eigenvalue weighted by molar-refractivity contribution is 0.112. The molecule has 1 heterocycles. The summed E-state index contributed by atoms with van der Waals surface area (Å²) < 4.78 is 0. The van der Waals surface area contributed by atoms with E-state index in [-0.39, 0.29) is 11.8 Å². The molecule has 1 rings (SSSR count).